The van der Waals surface area contributed by atoms with Crippen LogP contribution in [0, 0.1) is 11.8 Å². The summed E-state index contributed by atoms with van der Waals surface area (Å²) in [6.07, 6.45) is 3.99. The number of rotatable bonds is 6. The molecule has 2 saturated heterocycles. The second-order valence-electron chi connectivity index (χ2n) is 9.78. The lowest BCUT2D eigenvalue weighted by Gasteiger charge is -2.33. The number of aliphatic hydroxyl groups excluding tert-OH is 1. The van der Waals surface area contributed by atoms with E-state index in [0.717, 1.165) is 12.0 Å². The number of benzene rings is 1. The van der Waals surface area contributed by atoms with Crippen LogP contribution in [-0.2, 0) is 16.1 Å². The summed E-state index contributed by atoms with van der Waals surface area (Å²) in [6, 6.07) is 9.27. The summed E-state index contributed by atoms with van der Waals surface area (Å²) in [5.41, 5.74) is 0.664. The van der Waals surface area contributed by atoms with Crippen molar-refractivity contribution in [2.24, 2.45) is 16.8 Å². The molecule has 1 aromatic carbocycles. The molecule has 0 aliphatic carbocycles. The zero-order valence-corrected chi connectivity index (χ0v) is 19.2. The third-order valence-corrected chi connectivity index (χ3v) is 6.36. The predicted molar refractivity (Wildman–Crippen MR) is 121 cm³/mol. The lowest BCUT2D eigenvalue weighted by molar-refractivity contribution is -0.130. The summed E-state index contributed by atoms with van der Waals surface area (Å²) < 4.78 is 5.61. The van der Waals surface area contributed by atoms with Gasteiger partial charge in [0.2, 0.25) is 0 Å². The molecule has 1 N–H and O–H groups in total. The summed E-state index contributed by atoms with van der Waals surface area (Å²) in [4.78, 5) is 32.8. The quantitative estimate of drug-likeness (QED) is 0.682. The molecule has 1 unspecified atom stereocenters. The molecule has 6 nitrogen and oxygen atoms in total. The van der Waals surface area contributed by atoms with E-state index in [1.165, 1.54) is 0 Å². The smallest absolute Gasteiger partial charge is 0.410 e. The van der Waals surface area contributed by atoms with Crippen molar-refractivity contribution in [2.45, 2.75) is 90.1 Å². The Morgan fingerprint density at radius 1 is 1.19 bits per heavy atom. The fraction of sp³-hybridized carbons (Fsp3) is 0.640. The Labute approximate surface area is 185 Å². The summed E-state index contributed by atoms with van der Waals surface area (Å²) in [5, 5.41) is 10.9. The minimum atomic E-state index is -0.746. The molecular formula is C25H36N2O4. The molecule has 170 valence electrons. The Morgan fingerprint density at radius 3 is 2.52 bits per heavy atom. The molecule has 2 aliphatic rings. The van der Waals surface area contributed by atoms with E-state index < -0.39 is 12.0 Å². The molecule has 0 saturated carbocycles. The van der Waals surface area contributed by atoms with Crippen LogP contribution in [0.25, 0.3) is 0 Å². The van der Waals surface area contributed by atoms with Gasteiger partial charge in [-0.15, -0.1) is 0 Å². The number of carbonyl (C=O) groups excluding carboxylic acids is 2. The minimum Gasteiger partial charge on any atom is -0.445 e. The van der Waals surface area contributed by atoms with Crippen LogP contribution in [0.2, 0.25) is 0 Å². The van der Waals surface area contributed by atoms with Gasteiger partial charge in [-0.3, -0.25) is 9.79 Å². The maximum Gasteiger partial charge on any atom is 0.410 e. The van der Waals surface area contributed by atoms with Crippen LogP contribution >= 0.6 is 0 Å². The number of carbonyl (C=O) groups is 2. The van der Waals surface area contributed by atoms with Crippen molar-refractivity contribution < 1.29 is 19.4 Å². The van der Waals surface area contributed by atoms with Gasteiger partial charge in [-0.2, -0.15) is 0 Å². The first-order chi connectivity index (χ1) is 14.7. The molecule has 2 bridgehead atoms. The van der Waals surface area contributed by atoms with Gasteiger partial charge in [-0.25, -0.2) is 4.79 Å². The van der Waals surface area contributed by atoms with Crippen LogP contribution in [0.3, 0.4) is 0 Å². The maximum atomic E-state index is 13.5. The average molecular weight is 429 g/mol. The summed E-state index contributed by atoms with van der Waals surface area (Å²) in [6.45, 7) is 8.14. The molecular weight excluding hydrogens is 392 g/mol. The van der Waals surface area contributed by atoms with Crippen molar-refractivity contribution in [2.75, 3.05) is 0 Å². The van der Waals surface area contributed by atoms with Crippen LogP contribution < -0.4 is 0 Å². The van der Waals surface area contributed by atoms with Gasteiger partial charge < -0.3 is 14.7 Å². The maximum absolute atomic E-state index is 13.5. The SMILES string of the molecule is CCC(C=NC(C)(C)C)C(=O)[C@@H]1[C@H](O)CC[C@@H]2CC[C@H]1N2C(=O)OCc1ccccc1. The van der Waals surface area contributed by atoms with Crippen molar-refractivity contribution in [1.29, 1.82) is 0 Å². The van der Waals surface area contributed by atoms with Crippen molar-refractivity contribution in [3.8, 4) is 0 Å². The van der Waals surface area contributed by atoms with Gasteiger partial charge in [0, 0.05) is 18.3 Å². The molecule has 3 rings (SSSR count). The fourth-order valence-corrected chi connectivity index (χ4v) is 4.75. The number of fused-ring (bicyclic) bond motifs is 2. The summed E-state index contributed by atoms with van der Waals surface area (Å²) in [7, 11) is 0. The fourth-order valence-electron chi connectivity index (χ4n) is 4.75. The number of hydrogen-bond acceptors (Lipinski definition) is 5. The van der Waals surface area contributed by atoms with Gasteiger partial charge in [0.1, 0.15) is 12.4 Å². The molecule has 2 fully saturated rings. The monoisotopic (exact) mass is 428 g/mol. The number of aliphatic imine (C=N–C) groups is 1. The van der Waals surface area contributed by atoms with Gasteiger partial charge in [-0.05, 0) is 58.4 Å². The molecule has 1 aromatic rings. The van der Waals surface area contributed by atoms with E-state index in [9.17, 15) is 14.7 Å². The highest BCUT2D eigenvalue weighted by atomic mass is 16.6. The van der Waals surface area contributed by atoms with Crippen molar-refractivity contribution in [3.63, 3.8) is 0 Å². The third kappa shape index (κ3) is 5.73. The number of hydrogen-bond donors (Lipinski definition) is 1. The lowest BCUT2D eigenvalue weighted by atomic mass is 9.80. The zero-order chi connectivity index (χ0) is 22.6. The highest BCUT2D eigenvalue weighted by Crippen LogP contribution is 2.40. The molecule has 31 heavy (non-hydrogen) atoms. The topological polar surface area (TPSA) is 79.2 Å². The predicted octanol–water partition coefficient (Wildman–Crippen LogP) is 4.39. The van der Waals surface area contributed by atoms with Crippen molar-refractivity contribution in [3.05, 3.63) is 35.9 Å². The van der Waals surface area contributed by atoms with Crippen LogP contribution in [0.1, 0.15) is 65.4 Å². The van der Waals surface area contributed by atoms with Crippen LogP contribution in [0.5, 0.6) is 0 Å². The molecule has 0 radical (unpaired) electrons. The standard InChI is InChI=1S/C25H36N2O4/c1-5-18(15-26-25(2,3)4)23(29)22-20-13-11-19(12-14-21(22)28)27(20)24(30)31-16-17-9-7-6-8-10-17/h6-10,15,18-22,28H,5,11-14,16H2,1-4H3/t18?,19-,20+,21+,22-/m0/s1. The van der Waals surface area contributed by atoms with E-state index in [1.807, 2.05) is 58.0 Å². The van der Waals surface area contributed by atoms with Crippen molar-refractivity contribution >= 4 is 18.1 Å². The molecule has 5 atom stereocenters. The van der Waals surface area contributed by atoms with Crippen molar-refractivity contribution in [1.82, 2.24) is 4.90 Å². The highest BCUT2D eigenvalue weighted by molar-refractivity contribution is 5.97. The Morgan fingerprint density at radius 2 is 1.87 bits per heavy atom. The Balaban J connectivity index is 1.78. The molecule has 6 heteroatoms. The van der Waals surface area contributed by atoms with Gasteiger partial charge in [-0.1, -0.05) is 37.3 Å². The normalized spacial score (nSPS) is 27.2. The molecule has 2 heterocycles. The minimum absolute atomic E-state index is 0.0172. The highest BCUT2D eigenvalue weighted by Gasteiger charge is 2.50. The number of aliphatic hydroxyl groups is 1. The van der Waals surface area contributed by atoms with Gasteiger partial charge >= 0.3 is 6.09 Å². The molecule has 0 spiro atoms. The molecule has 2 aliphatic heterocycles. The molecule has 1 amide bonds. The second-order valence-corrected chi connectivity index (χ2v) is 9.78. The van der Waals surface area contributed by atoms with E-state index >= 15 is 0 Å². The summed E-state index contributed by atoms with van der Waals surface area (Å²) in [5.74, 6) is -0.984. The molecule has 0 aromatic heterocycles. The Kier molecular flexibility index (Phi) is 7.52. The van der Waals surface area contributed by atoms with Crippen LogP contribution in [0.4, 0.5) is 4.79 Å². The summed E-state index contributed by atoms with van der Waals surface area (Å²) >= 11 is 0. The first-order valence-electron chi connectivity index (χ1n) is 11.5. The number of amides is 1. The number of Topliss-reactive ketones (excluding diaryl/α,β-unsaturated/α-hetero) is 1. The van der Waals surface area contributed by atoms with E-state index in [-0.39, 0.29) is 42.0 Å². The largest absolute Gasteiger partial charge is 0.445 e. The van der Waals surface area contributed by atoms with Gasteiger partial charge in [0.15, 0.2) is 0 Å². The van der Waals surface area contributed by atoms with E-state index in [2.05, 4.69) is 4.99 Å². The second kappa shape index (κ2) is 9.94. The number of ether oxygens (including phenoxy) is 1. The lowest BCUT2D eigenvalue weighted by Crippen LogP contribution is -2.49. The first-order valence-corrected chi connectivity index (χ1v) is 11.5. The number of ketones is 1. The third-order valence-electron chi connectivity index (χ3n) is 6.36. The Hall–Kier alpha value is -2.21. The van der Waals surface area contributed by atoms with Gasteiger partial charge in [0.25, 0.3) is 0 Å². The van der Waals surface area contributed by atoms with E-state index in [1.54, 1.807) is 11.1 Å². The van der Waals surface area contributed by atoms with Crippen LogP contribution in [-0.4, -0.2) is 51.8 Å². The van der Waals surface area contributed by atoms with Gasteiger partial charge in [0.05, 0.1) is 23.5 Å². The van der Waals surface area contributed by atoms with Crippen LogP contribution in [0.15, 0.2) is 35.3 Å². The van der Waals surface area contributed by atoms with E-state index in [0.29, 0.717) is 25.7 Å². The van der Waals surface area contributed by atoms with E-state index in [4.69, 9.17) is 4.74 Å². The zero-order valence-electron chi connectivity index (χ0n) is 19.2. The average Bonchev–Trinajstić information content (AvgIpc) is 3.07. The number of nitrogens with zero attached hydrogens (tertiary/aromatic N) is 2. The Bertz CT molecular complexity index is 786. The first kappa shape index (κ1) is 23.5.